The highest BCUT2D eigenvalue weighted by Gasteiger charge is 2.42. The van der Waals surface area contributed by atoms with E-state index in [4.69, 9.17) is 13.9 Å². The number of nitrogens with zero attached hydrogens (tertiary/aromatic N) is 1. The second kappa shape index (κ2) is 9.99. The maximum absolute atomic E-state index is 13.8. The summed E-state index contributed by atoms with van der Waals surface area (Å²) in [5.74, 6) is 0.518. The second-order valence-corrected chi connectivity index (χ2v) is 9.23. The van der Waals surface area contributed by atoms with Gasteiger partial charge in [0, 0.05) is 20.3 Å². The predicted molar refractivity (Wildman–Crippen MR) is 139 cm³/mol. The summed E-state index contributed by atoms with van der Waals surface area (Å²) >= 11 is 0. The summed E-state index contributed by atoms with van der Waals surface area (Å²) < 4.78 is 17.4. The SMILES string of the molecule is COCCCN1C(=O)c2oc3c(C)cc(C)cc3c(=O)c2C1c1cccc(OCc2ccccc2)c1. The highest BCUT2D eigenvalue weighted by Crippen LogP contribution is 2.39. The minimum atomic E-state index is -0.564. The van der Waals surface area contributed by atoms with E-state index >= 15 is 0 Å². The van der Waals surface area contributed by atoms with Gasteiger partial charge < -0.3 is 18.8 Å². The fourth-order valence-electron chi connectivity index (χ4n) is 4.95. The first-order chi connectivity index (χ1) is 17.5. The van der Waals surface area contributed by atoms with Crippen molar-refractivity contribution >= 4 is 16.9 Å². The van der Waals surface area contributed by atoms with Crippen molar-refractivity contribution in [2.24, 2.45) is 0 Å². The maximum Gasteiger partial charge on any atom is 0.290 e. The third kappa shape index (κ3) is 4.40. The first kappa shape index (κ1) is 23.8. The molecule has 36 heavy (non-hydrogen) atoms. The van der Waals surface area contributed by atoms with Crippen molar-refractivity contribution in [2.45, 2.75) is 32.9 Å². The summed E-state index contributed by atoms with van der Waals surface area (Å²) in [5, 5.41) is 0.499. The molecule has 1 aliphatic rings. The van der Waals surface area contributed by atoms with Crippen LogP contribution in [0.2, 0.25) is 0 Å². The molecule has 0 N–H and O–H groups in total. The molecule has 0 spiro atoms. The van der Waals surface area contributed by atoms with Crippen molar-refractivity contribution in [3.05, 3.63) is 111 Å². The third-order valence-corrected chi connectivity index (χ3v) is 6.57. The molecule has 184 valence electrons. The van der Waals surface area contributed by atoms with Gasteiger partial charge in [-0.2, -0.15) is 0 Å². The molecule has 0 fully saturated rings. The zero-order chi connectivity index (χ0) is 25.2. The largest absolute Gasteiger partial charge is 0.489 e. The first-order valence-corrected chi connectivity index (χ1v) is 12.1. The van der Waals surface area contributed by atoms with Crippen molar-refractivity contribution in [3.8, 4) is 5.75 Å². The Bertz CT molecular complexity index is 1470. The number of benzene rings is 3. The number of amides is 1. The van der Waals surface area contributed by atoms with Crippen LogP contribution in [-0.4, -0.2) is 31.1 Å². The van der Waals surface area contributed by atoms with E-state index in [1.807, 2.05) is 80.6 Å². The number of ether oxygens (including phenoxy) is 2. The monoisotopic (exact) mass is 483 g/mol. The van der Waals surface area contributed by atoms with Gasteiger partial charge >= 0.3 is 0 Å². The van der Waals surface area contributed by atoms with Crippen LogP contribution in [0, 0.1) is 13.8 Å². The van der Waals surface area contributed by atoms with E-state index < -0.39 is 6.04 Å². The summed E-state index contributed by atoms with van der Waals surface area (Å²) in [5.41, 5.74) is 4.36. The third-order valence-electron chi connectivity index (χ3n) is 6.57. The lowest BCUT2D eigenvalue weighted by Crippen LogP contribution is -2.31. The standard InChI is InChI=1S/C30H29NO5/c1-19-15-20(2)28-24(16-19)27(32)25-26(31(13-8-14-34-3)30(33)29(25)36-28)22-11-7-12-23(17-22)35-18-21-9-5-4-6-10-21/h4-7,9-12,15-17,26H,8,13-14,18H2,1-3H3. The van der Waals surface area contributed by atoms with Gasteiger partial charge in [0.1, 0.15) is 17.9 Å². The highest BCUT2D eigenvalue weighted by atomic mass is 16.5. The van der Waals surface area contributed by atoms with Crippen LogP contribution in [0.1, 0.15) is 50.8 Å². The Kier molecular flexibility index (Phi) is 6.61. The molecule has 5 rings (SSSR count). The van der Waals surface area contributed by atoms with Gasteiger partial charge in [0.15, 0.2) is 5.43 Å². The number of rotatable bonds is 8. The van der Waals surface area contributed by atoms with E-state index in [-0.39, 0.29) is 17.1 Å². The lowest BCUT2D eigenvalue weighted by molar-refractivity contribution is 0.0707. The van der Waals surface area contributed by atoms with Crippen molar-refractivity contribution in [1.29, 1.82) is 0 Å². The van der Waals surface area contributed by atoms with Crippen LogP contribution in [-0.2, 0) is 11.3 Å². The fraction of sp³-hybridized carbons (Fsp3) is 0.267. The quantitative estimate of drug-likeness (QED) is 0.307. The molecule has 6 heteroatoms. The van der Waals surface area contributed by atoms with Gasteiger partial charge in [-0.25, -0.2) is 0 Å². The Morgan fingerprint density at radius 2 is 1.78 bits per heavy atom. The number of carbonyl (C=O) groups excluding carboxylic acids is 1. The van der Waals surface area contributed by atoms with Crippen molar-refractivity contribution in [3.63, 3.8) is 0 Å². The summed E-state index contributed by atoms with van der Waals surface area (Å²) in [6.45, 7) is 5.21. The van der Waals surface area contributed by atoms with Crippen LogP contribution in [0.4, 0.5) is 0 Å². The molecule has 6 nitrogen and oxygen atoms in total. The summed E-state index contributed by atoms with van der Waals surface area (Å²) in [7, 11) is 1.63. The Hall–Kier alpha value is -3.90. The van der Waals surface area contributed by atoms with E-state index in [1.165, 1.54) is 0 Å². The number of hydrogen-bond acceptors (Lipinski definition) is 5. The topological polar surface area (TPSA) is 69.0 Å². The van der Waals surface area contributed by atoms with Crippen LogP contribution in [0.15, 0.2) is 75.9 Å². The molecule has 1 unspecified atom stereocenters. The van der Waals surface area contributed by atoms with Gasteiger partial charge in [-0.15, -0.1) is 0 Å². The Morgan fingerprint density at radius 3 is 2.56 bits per heavy atom. The molecule has 1 amide bonds. The molecule has 1 atom stereocenters. The predicted octanol–water partition coefficient (Wildman–Crippen LogP) is 5.57. The number of carbonyl (C=O) groups is 1. The minimum absolute atomic E-state index is 0.123. The summed E-state index contributed by atoms with van der Waals surface area (Å²) in [4.78, 5) is 29.1. The zero-order valence-electron chi connectivity index (χ0n) is 20.7. The second-order valence-electron chi connectivity index (χ2n) is 9.23. The lowest BCUT2D eigenvalue weighted by Gasteiger charge is -2.25. The number of aryl methyl sites for hydroxylation is 2. The Labute approximate surface area is 210 Å². The van der Waals surface area contributed by atoms with E-state index in [2.05, 4.69) is 0 Å². The molecule has 0 saturated carbocycles. The molecule has 1 aromatic heterocycles. The molecule has 2 heterocycles. The van der Waals surface area contributed by atoms with Gasteiger partial charge in [0.2, 0.25) is 5.76 Å². The highest BCUT2D eigenvalue weighted by molar-refractivity contribution is 5.99. The lowest BCUT2D eigenvalue weighted by atomic mass is 9.97. The number of methoxy groups -OCH3 is 1. The number of fused-ring (bicyclic) bond motifs is 2. The first-order valence-electron chi connectivity index (χ1n) is 12.1. The Morgan fingerprint density at radius 1 is 0.972 bits per heavy atom. The molecule has 0 saturated heterocycles. The fourth-order valence-corrected chi connectivity index (χ4v) is 4.95. The zero-order valence-corrected chi connectivity index (χ0v) is 20.7. The smallest absolute Gasteiger partial charge is 0.290 e. The van der Waals surface area contributed by atoms with Crippen molar-refractivity contribution in [1.82, 2.24) is 4.90 Å². The van der Waals surface area contributed by atoms with E-state index in [0.29, 0.717) is 48.5 Å². The Balaban J connectivity index is 1.59. The van der Waals surface area contributed by atoms with Crippen LogP contribution < -0.4 is 10.2 Å². The van der Waals surface area contributed by atoms with E-state index in [1.54, 1.807) is 12.0 Å². The van der Waals surface area contributed by atoms with Crippen LogP contribution in [0.25, 0.3) is 11.0 Å². The average Bonchev–Trinajstić information content (AvgIpc) is 3.16. The number of hydrogen-bond donors (Lipinski definition) is 0. The molecule has 0 aliphatic carbocycles. The molecule has 0 bridgehead atoms. The van der Waals surface area contributed by atoms with Gasteiger partial charge in [-0.1, -0.05) is 48.5 Å². The molecule has 0 radical (unpaired) electrons. The molecule has 1 aliphatic heterocycles. The van der Waals surface area contributed by atoms with Gasteiger partial charge in [-0.05, 0) is 60.7 Å². The summed E-state index contributed by atoms with van der Waals surface area (Å²) in [6, 6.07) is 20.8. The summed E-state index contributed by atoms with van der Waals surface area (Å²) in [6.07, 6.45) is 0.642. The molecule has 3 aromatic carbocycles. The molecular formula is C30H29NO5. The van der Waals surface area contributed by atoms with Gasteiger partial charge in [-0.3, -0.25) is 9.59 Å². The van der Waals surface area contributed by atoms with Crippen molar-refractivity contribution in [2.75, 3.05) is 20.3 Å². The van der Waals surface area contributed by atoms with Gasteiger partial charge in [0.25, 0.3) is 5.91 Å². The molecule has 4 aromatic rings. The van der Waals surface area contributed by atoms with Gasteiger partial charge in [0.05, 0.1) is 17.0 Å². The van der Waals surface area contributed by atoms with Crippen LogP contribution >= 0.6 is 0 Å². The van der Waals surface area contributed by atoms with Crippen molar-refractivity contribution < 1.29 is 18.7 Å². The normalized spacial score (nSPS) is 14.9. The van der Waals surface area contributed by atoms with E-state index in [9.17, 15) is 9.59 Å². The van der Waals surface area contributed by atoms with E-state index in [0.717, 1.165) is 22.3 Å². The average molecular weight is 484 g/mol. The van der Waals surface area contributed by atoms with Crippen LogP contribution in [0.3, 0.4) is 0 Å². The minimum Gasteiger partial charge on any atom is -0.489 e. The maximum atomic E-state index is 13.8. The molecular weight excluding hydrogens is 454 g/mol. The van der Waals surface area contributed by atoms with Crippen LogP contribution in [0.5, 0.6) is 5.75 Å².